The summed E-state index contributed by atoms with van der Waals surface area (Å²) in [7, 11) is 0. The quantitative estimate of drug-likeness (QED) is 0.648. The number of aliphatic hydroxyl groups excluding tert-OH is 1. The molecule has 0 saturated heterocycles. The van der Waals surface area contributed by atoms with Crippen LogP contribution in [0.5, 0.6) is 0 Å². The first-order valence-electron chi connectivity index (χ1n) is 3.07. The van der Waals surface area contributed by atoms with Gasteiger partial charge in [0, 0.05) is 0 Å². The molecule has 1 rings (SSSR count). The van der Waals surface area contributed by atoms with Gasteiger partial charge in [0.15, 0.2) is 0 Å². The van der Waals surface area contributed by atoms with Crippen molar-refractivity contribution in [3.63, 3.8) is 0 Å². The number of rotatable bonds is 2. The van der Waals surface area contributed by atoms with E-state index in [9.17, 15) is 5.11 Å². The number of thiophene rings is 1. The zero-order valence-corrected chi connectivity index (χ0v) is 6.69. The fourth-order valence-corrected chi connectivity index (χ4v) is 1.39. The van der Waals surface area contributed by atoms with Crippen molar-refractivity contribution < 1.29 is 5.11 Å². The third kappa shape index (κ3) is 1.46. The first kappa shape index (κ1) is 7.51. The van der Waals surface area contributed by atoms with Crippen molar-refractivity contribution in [3.8, 4) is 0 Å². The molecule has 1 aromatic rings. The zero-order valence-electron chi connectivity index (χ0n) is 5.87. The molecule has 0 aliphatic carbocycles. The second-order valence-corrected chi connectivity index (χ2v) is 3.09. The summed E-state index contributed by atoms with van der Waals surface area (Å²) in [6, 6.07) is 1.91. The van der Waals surface area contributed by atoms with Crippen LogP contribution in [0.4, 0.5) is 0 Å². The monoisotopic (exact) mass is 154 g/mol. The lowest BCUT2D eigenvalue weighted by Gasteiger charge is -2.06. The summed E-state index contributed by atoms with van der Waals surface area (Å²) in [5.74, 6) is 0. The molecule has 1 heterocycles. The summed E-state index contributed by atoms with van der Waals surface area (Å²) >= 11 is 1.58. The molecule has 1 N–H and O–H groups in total. The van der Waals surface area contributed by atoms with Gasteiger partial charge in [0.25, 0.3) is 0 Å². The molecule has 0 saturated carbocycles. The lowest BCUT2D eigenvalue weighted by molar-refractivity contribution is 0.217. The van der Waals surface area contributed by atoms with Crippen LogP contribution >= 0.6 is 11.3 Å². The molecular weight excluding hydrogens is 144 g/mol. The van der Waals surface area contributed by atoms with Gasteiger partial charge >= 0.3 is 0 Å². The maximum absolute atomic E-state index is 9.39. The normalized spacial score (nSPS) is 13.0. The molecule has 0 fully saturated rings. The third-order valence-electron chi connectivity index (χ3n) is 1.33. The highest BCUT2D eigenvalue weighted by Gasteiger charge is 2.06. The predicted molar refractivity (Wildman–Crippen MR) is 44.1 cm³/mol. The van der Waals surface area contributed by atoms with E-state index in [2.05, 4.69) is 6.58 Å². The molecule has 10 heavy (non-hydrogen) atoms. The average Bonchev–Trinajstić information content (AvgIpc) is 2.36. The van der Waals surface area contributed by atoms with E-state index in [0.717, 1.165) is 11.1 Å². The first-order chi connectivity index (χ1) is 4.72. The second kappa shape index (κ2) is 2.99. The number of aliphatic hydroxyl groups is 1. The van der Waals surface area contributed by atoms with Gasteiger partial charge in [0.1, 0.15) is 6.10 Å². The van der Waals surface area contributed by atoms with Crippen LogP contribution in [0.25, 0.3) is 0 Å². The molecule has 0 aliphatic rings. The summed E-state index contributed by atoms with van der Waals surface area (Å²) in [6.45, 7) is 5.49. The number of hydrogen-bond acceptors (Lipinski definition) is 2. The Morgan fingerprint density at radius 1 is 1.80 bits per heavy atom. The van der Waals surface area contributed by atoms with E-state index >= 15 is 0 Å². The topological polar surface area (TPSA) is 20.2 Å². The summed E-state index contributed by atoms with van der Waals surface area (Å²) < 4.78 is 0. The van der Waals surface area contributed by atoms with Crippen molar-refractivity contribution in [3.05, 3.63) is 34.5 Å². The Morgan fingerprint density at radius 3 is 2.90 bits per heavy atom. The zero-order chi connectivity index (χ0) is 7.56. The molecule has 0 aliphatic heterocycles. The predicted octanol–water partition coefficient (Wildman–Crippen LogP) is 2.36. The van der Waals surface area contributed by atoms with Crippen LogP contribution in [0.15, 0.2) is 29.0 Å². The molecule has 54 valence electrons. The molecule has 1 aromatic heterocycles. The minimum absolute atomic E-state index is 0.480. The van der Waals surface area contributed by atoms with Gasteiger partial charge < -0.3 is 5.11 Å². The largest absolute Gasteiger partial charge is 0.384 e. The maximum atomic E-state index is 9.39. The van der Waals surface area contributed by atoms with E-state index in [4.69, 9.17) is 0 Å². The Balaban J connectivity index is 2.77. The fraction of sp³-hybridized carbons (Fsp3) is 0.250. The minimum Gasteiger partial charge on any atom is -0.384 e. The van der Waals surface area contributed by atoms with Gasteiger partial charge in [-0.2, -0.15) is 11.3 Å². The Hall–Kier alpha value is -0.600. The molecule has 1 nitrogen and oxygen atoms in total. The molecule has 0 bridgehead atoms. The molecule has 1 unspecified atom stereocenters. The van der Waals surface area contributed by atoms with Crippen molar-refractivity contribution >= 4 is 11.3 Å². The SMILES string of the molecule is C=C(C)C(O)c1ccsc1. The highest BCUT2D eigenvalue weighted by Crippen LogP contribution is 2.21. The summed E-state index contributed by atoms with van der Waals surface area (Å²) in [5.41, 5.74) is 1.73. The van der Waals surface area contributed by atoms with Crippen LogP contribution in [0.2, 0.25) is 0 Å². The molecular formula is C8H10OS. The summed E-state index contributed by atoms with van der Waals surface area (Å²) in [6.07, 6.45) is -0.480. The van der Waals surface area contributed by atoms with Crippen LogP contribution in [0.1, 0.15) is 18.6 Å². The van der Waals surface area contributed by atoms with Gasteiger partial charge in [-0.1, -0.05) is 6.58 Å². The van der Waals surface area contributed by atoms with Crippen molar-refractivity contribution in [1.82, 2.24) is 0 Å². The fourth-order valence-electron chi connectivity index (χ4n) is 0.715. The van der Waals surface area contributed by atoms with E-state index in [1.54, 1.807) is 11.3 Å². The smallest absolute Gasteiger partial charge is 0.100 e. The van der Waals surface area contributed by atoms with Gasteiger partial charge in [-0.15, -0.1) is 0 Å². The average molecular weight is 154 g/mol. The molecule has 1 atom stereocenters. The second-order valence-electron chi connectivity index (χ2n) is 2.31. The van der Waals surface area contributed by atoms with Crippen molar-refractivity contribution in [2.75, 3.05) is 0 Å². The molecule has 0 aromatic carbocycles. The highest BCUT2D eigenvalue weighted by molar-refractivity contribution is 7.07. The van der Waals surface area contributed by atoms with Gasteiger partial charge in [-0.05, 0) is 34.9 Å². The van der Waals surface area contributed by atoms with E-state index in [-0.39, 0.29) is 0 Å². The minimum atomic E-state index is -0.480. The van der Waals surface area contributed by atoms with E-state index in [0.29, 0.717) is 0 Å². The Morgan fingerprint density at radius 2 is 2.50 bits per heavy atom. The van der Waals surface area contributed by atoms with E-state index in [1.165, 1.54) is 0 Å². The highest BCUT2D eigenvalue weighted by atomic mass is 32.1. The van der Waals surface area contributed by atoms with Crippen LogP contribution in [-0.2, 0) is 0 Å². The lowest BCUT2D eigenvalue weighted by Crippen LogP contribution is -1.94. The van der Waals surface area contributed by atoms with Crippen LogP contribution in [-0.4, -0.2) is 5.11 Å². The first-order valence-corrected chi connectivity index (χ1v) is 4.01. The third-order valence-corrected chi connectivity index (χ3v) is 2.03. The van der Waals surface area contributed by atoms with Crippen molar-refractivity contribution in [2.24, 2.45) is 0 Å². The summed E-state index contributed by atoms with van der Waals surface area (Å²) in [4.78, 5) is 0. The lowest BCUT2D eigenvalue weighted by atomic mass is 10.1. The number of hydrogen-bond donors (Lipinski definition) is 1. The molecule has 0 amide bonds. The molecule has 0 radical (unpaired) electrons. The maximum Gasteiger partial charge on any atom is 0.100 e. The van der Waals surface area contributed by atoms with E-state index in [1.807, 2.05) is 23.8 Å². The van der Waals surface area contributed by atoms with Crippen LogP contribution < -0.4 is 0 Å². The molecule has 2 heteroatoms. The Kier molecular flexibility index (Phi) is 2.25. The van der Waals surface area contributed by atoms with Crippen LogP contribution in [0.3, 0.4) is 0 Å². The van der Waals surface area contributed by atoms with Crippen molar-refractivity contribution in [2.45, 2.75) is 13.0 Å². The Labute approximate surface area is 64.6 Å². The summed E-state index contributed by atoms with van der Waals surface area (Å²) in [5, 5.41) is 13.3. The standard InChI is InChI=1S/C8H10OS/c1-6(2)8(9)7-3-4-10-5-7/h3-5,8-9H,1H2,2H3. The Bertz CT molecular complexity index is 213. The van der Waals surface area contributed by atoms with Gasteiger partial charge in [0.05, 0.1) is 0 Å². The van der Waals surface area contributed by atoms with Crippen LogP contribution in [0, 0.1) is 0 Å². The van der Waals surface area contributed by atoms with Gasteiger partial charge in [-0.3, -0.25) is 0 Å². The van der Waals surface area contributed by atoms with Gasteiger partial charge in [-0.25, -0.2) is 0 Å². The van der Waals surface area contributed by atoms with Gasteiger partial charge in [0.2, 0.25) is 0 Å². The van der Waals surface area contributed by atoms with Crippen molar-refractivity contribution in [1.29, 1.82) is 0 Å². The molecule has 0 spiro atoms. The van der Waals surface area contributed by atoms with E-state index < -0.39 is 6.10 Å².